The molecule has 3 aromatic carbocycles. The van der Waals surface area contributed by atoms with Gasteiger partial charge in [-0.25, -0.2) is 0 Å². The topological polar surface area (TPSA) is 52.8 Å². The van der Waals surface area contributed by atoms with E-state index in [0.717, 1.165) is 29.8 Å². The van der Waals surface area contributed by atoms with E-state index in [1.807, 2.05) is 24.3 Å². The maximum atomic E-state index is 9.32. The average molecular weight is 341 g/mol. The van der Waals surface area contributed by atoms with Gasteiger partial charge in [-0.3, -0.25) is 4.99 Å². The number of benzene rings is 3. The van der Waals surface area contributed by atoms with Crippen LogP contribution >= 0.6 is 0 Å². The van der Waals surface area contributed by atoms with Crippen LogP contribution in [0.2, 0.25) is 0 Å². The molecule has 2 N–H and O–H groups in total. The number of aliphatic imine (C=N–C) groups is 1. The van der Waals surface area contributed by atoms with Crippen molar-refractivity contribution in [2.24, 2.45) is 4.99 Å². The summed E-state index contributed by atoms with van der Waals surface area (Å²) in [4.78, 5) is 4.95. The molecule has 0 saturated heterocycles. The molecule has 0 aromatic heterocycles. The first-order valence-corrected chi connectivity index (χ1v) is 8.87. The lowest BCUT2D eigenvalue weighted by atomic mass is 9.79. The minimum Gasteiger partial charge on any atom is -0.423 e. The summed E-state index contributed by atoms with van der Waals surface area (Å²) in [5.41, 5.74) is 6.14. The third-order valence-electron chi connectivity index (χ3n) is 4.97. The van der Waals surface area contributed by atoms with Gasteiger partial charge in [0.2, 0.25) is 0 Å². The number of para-hydroxylation sites is 1. The molecule has 1 atom stereocenters. The summed E-state index contributed by atoms with van der Waals surface area (Å²) < 4.78 is 0. The quantitative estimate of drug-likeness (QED) is 0.719. The summed E-state index contributed by atoms with van der Waals surface area (Å²) in [7, 11) is -1.45. The number of nitrogens with zero attached hydrogens (tertiary/aromatic N) is 1. The first-order valence-electron chi connectivity index (χ1n) is 8.87. The third-order valence-corrected chi connectivity index (χ3v) is 4.97. The lowest BCUT2D eigenvalue weighted by molar-refractivity contribution is 0.426. The molecule has 1 heterocycles. The van der Waals surface area contributed by atoms with Gasteiger partial charge in [0.25, 0.3) is 0 Å². The second-order valence-electron chi connectivity index (χ2n) is 6.70. The Hall–Kier alpha value is -2.69. The highest BCUT2D eigenvalue weighted by molar-refractivity contribution is 6.58. The molecule has 3 aromatic rings. The number of rotatable bonds is 3. The number of hydrogen-bond acceptors (Lipinski definition) is 3. The summed E-state index contributed by atoms with van der Waals surface area (Å²) in [6.45, 7) is 0. The van der Waals surface area contributed by atoms with Crippen molar-refractivity contribution in [3.05, 3.63) is 95.6 Å². The zero-order valence-corrected chi connectivity index (χ0v) is 14.4. The van der Waals surface area contributed by atoms with Crippen LogP contribution in [0.5, 0.6) is 0 Å². The van der Waals surface area contributed by atoms with Crippen LogP contribution in [0.25, 0.3) is 0 Å². The number of hydrogen-bond donors (Lipinski definition) is 2. The van der Waals surface area contributed by atoms with Gasteiger partial charge in [0.1, 0.15) is 0 Å². The van der Waals surface area contributed by atoms with Crippen LogP contribution in [-0.2, 0) is 6.42 Å². The second-order valence-corrected chi connectivity index (χ2v) is 6.70. The fourth-order valence-electron chi connectivity index (χ4n) is 3.55. The fraction of sp³-hybridized carbons (Fsp3) is 0.136. The molecule has 0 amide bonds. The molecule has 0 aliphatic carbocycles. The van der Waals surface area contributed by atoms with E-state index in [9.17, 15) is 10.0 Å². The van der Waals surface area contributed by atoms with Crippen molar-refractivity contribution in [1.82, 2.24) is 0 Å². The standard InChI is InChI=1S/C22H20BNO2/c25-23(26)20-12-10-17(11-13-20)22-15-19(16-6-2-1-3-7-16)14-18-8-4-5-9-21(18)24-22/h1-13,19,25-26H,14-15H2. The Morgan fingerprint density at radius 3 is 2.19 bits per heavy atom. The maximum Gasteiger partial charge on any atom is 0.488 e. The monoisotopic (exact) mass is 341 g/mol. The van der Waals surface area contributed by atoms with Crippen molar-refractivity contribution in [1.29, 1.82) is 0 Å². The minimum absolute atomic E-state index is 0.363. The van der Waals surface area contributed by atoms with Crippen LogP contribution in [0.15, 0.2) is 83.9 Å². The van der Waals surface area contributed by atoms with E-state index in [4.69, 9.17) is 4.99 Å². The van der Waals surface area contributed by atoms with Crippen LogP contribution in [-0.4, -0.2) is 22.9 Å². The third kappa shape index (κ3) is 3.47. The molecular weight excluding hydrogens is 321 g/mol. The van der Waals surface area contributed by atoms with E-state index in [1.54, 1.807) is 12.1 Å². The largest absolute Gasteiger partial charge is 0.488 e. The van der Waals surface area contributed by atoms with Crippen LogP contribution in [0.1, 0.15) is 29.0 Å². The van der Waals surface area contributed by atoms with Crippen LogP contribution in [0.3, 0.4) is 0 Å². The van der Waals surface area contributed by atoms with Crippen LogP contribution in [0.4, 0.5) is 5.69 Å². The Balaban J connectivity index is 1.75. The van der Waals surface area contributed by atoms with E-state index < -0.39 is 7.12 Å². The van der Waals surface area contributed by atoms with Crippen molar-refractivity contribution < 1.29 is 10.0 Å². The van der Waals surface area contributed by atoms with E-state index in [-0.39, 0.29) is 0 Å². The average Bonchev–Trinajstić information content (AvgIpc) is 2.88. The van der Waals surface area contributed by atoms with Crippen molar-refractivity contribution in [2.45, 2.75) is 18.8 Å². The summed E-state index contributed by atoms with van der Waals surface area (Å²) in [5, 5.41) is 18.6. The second kappa shape index (κ2) is 7.28. The Morgan fingerprint density at radius 1 is 0.769 bits per heavy atom. The Kier molecular flexibility index (Phi) is 4.70. The first-order chi connectivity index (χ1) is 12.7. The highest BCUT2D eigenvalue weighted by Gasteiger charge is 2.22. The molecule has 0 spiro atoms. The fourth-order valence-corrected chi connectivity index (χ4v) is 3.55. The van der Waals surface area contributed by atoms with E-state index in [2.05, 4.69) is 42.5 Å². The normalized spacial score (nSPS) is 16.4. The number of fused-ring (bicyclic) bond motifs is 1. The van der Waals surface area contributed by atoms with E-state index in [1.165, 1.54) is 11.1 Å². The van der Waals surface area contributed by atoms with Gasteiger partial charge in [-0.1, -0.05) is 72.8 Å². The molecule has 26 heavy (non-hydrogen) atoms. The van der Waals surface area contributed by atoms with Gasteiger partial charge < -0.3 is 10.0 Å². The zero-order chi connectivity index (χ0) is 17.9. The molecule has 1 aliphatic heterocycles. The molecule has 128 valence electrons. The van der Waals surface area contributed by atoms with Crippen molar-refractivity contribution in [2.75, 3.05) is 0 Å². The van der Waals surface area contributed by atoms with Gasteiger partial charge >= 0.3 is 7.12 Å². The highest BCUT2D eigenvalue weighted by atomic mass is 16.4. The summed E-state index contributed by atoms with van der Waals surface area (Å²) in [6, 6.07) is 26.2. The van der Waals surface area contributed by atoms with E-state index >= 15 is 0 Å². The summed E-state index contributed by atoms with van der Waals surface area (Å²) in [6.07, 6.45) is 1.81. The molecule has 3 nitrogen and oxygen atoms in total. The predicted octanol–water partition coefficient (Wildman–Crippen LogP) is 3.22. The molecule has 4 rings (SSSR count). The van der Waals surface area contributed by atoms with Crippen molar-refractivity contribution in [3.8, 4) is 0 Å². The zero-order valence-electron chi connectivity index (χ0n) is 14.4. The first kappa shape index (κ1) is 16.8. The highest BCUT2D eigenvalue weighted by Crippen LogP contribution is 2.34. The van der Waals surface area contributed by atoms with E-state index in [0.29, 0.717) is 11.4 Å². The lowest BCUT2D eigenvalue weighted by Gasteiger charge is -2.16. The maximum absolute atomic E-state index is 9.32. The molecule has 1 aliphatic rings. The van der Waals surface area contributed by atoms with Gasteiger partial charge in [0, 0.05) is 5.71 Å². The van der Waals surface area contributed by atoms with Crippen LogP contribution in [0, 0.1) is 0 Å². The summed E-state index contributed by atoms with van der Waals surface area (Å²) >= 11 is 0. The van der Waals surface area contributed by atoms with Gasteiger partial charge in [-0.05, 0) is 47.0 Å². The SMILES string of the molecule is OB(O)c1ccc(C2=Nc3ccccc3CC(c3ccccc3)C2)cc1. The minimum atomic E-state index is -1.45. The molecular formula is C22H20BNO2. The van der Waals surface area contributed by atoms with Crippen LogP contribution < -0.4 is 5.46 Å². The molecule has 0 bridgehead atoms. The Morgan fingerprint density at radius 2 is 1.46 bits per heavy atom. The Bertz CT molecular complexity index is 920. The molecule has 4 heteroatoms. The van der Waals surface area contributed by atoms with Crippen molar-refractivity contribution in [3.63, 3.8) is 0 Å². The van der Waals surface area contributed by atoms with Gasteiger partial charge in [0.15, 0.2) is 0 Å². The molecule has 1 unspecified atom stereocenters. The molecule has 0 saturated carbocycles. The van der Waals surface area contributed by atoms with Gasteiger partial charge in [-0.2, -0.15) is 0 Å². The lowest BCUT2D eigenvalue weighted by Crippen LogP contribution is -2.29. The molecule has 0 radical (unpaired) electrons. The predicted molar refractivity (Wildman–Crippen MR) is 106 cm³/mol. The smallest absolute Gasteiger partial charge is 0.423 e. The van der Waals surface area contributed by atoms with Gasteiger partial charge in [-0.15, -0.1) is 0 Å². The molecule has 0 fully saturated rings. The Labute approximate surface area is 153 Å². The summed E-state index contributed by atoms with van der Waals surface area (Å²) in [5.74, 6) is 0.363. The van der Waals surface area contributed by atoms with Crippen molar-refractivity contribution >= 4 is 24.0 Å². The van der Waals surface area contributed by atoms with Gasteiger partial charge in [0.05, 0.1) is 5.69 Å².